The highest BCUT2D eigenvalue weighted by molar-refractivity contribution is 5.78. The largest absolute Gasteiger partial charge is 0.351 e. The van der Waals surface area contributed by atoms with Gasteiger partial charge < -0.3 is 11.1 Å². The molecular weight excluding hydrogens is 171 g/mol. The average molecular weight is 184 g/mol. The molecule has 3 nitrogen and oxygen atoms in total. The Kier molecular flexibility index (Phi) is 5.47. The molecule has 13 heavy (non-hydrogen) atoms. The van der Waals surface area contributed by atoms with Gasteiger partial charge in [0.05, 0.1) is 6.54 Å². The molecule has 0 atom stereocenters. The summed E-state index contributed by atoms with van der Waals surface area (Å²) in [6, 6.07) is 0. The van der Waals surface area contributed by atoms with Gasteiger partial charge in [0.1, 0.15) is 5.83 Å². The summed E-state index contributed by atoms with van der Waals surface area (Å²) in [5.41, 5.74) is 5.33. The zero-order valence-corrected chi connectivity index (χ0v) is 7.35. The third-order valence-corrected chi connectivity index (χ3v) is 1.33. The summed E-state index contributed by atoms with van der Waals surface area (Å²) in [6.07, 6.45) is 2.87. The van der Waals surface area contributed by atoms with Gasteiger partial charge in [-0.1, -0.05) is 25.3 Å². The van der Waals surface area contributed by atoms with Gasteiger partial charge in [-0.3, -0.25) is 4.79 Å². The number of amides is 1. The minimum Gasteiger partial charge on any atom is -0.351 e. The maximum atomic E-state index is 12.6. The lowest BCUT2D eigenvalue weighted by molar-refractivity contribution is -0.119. The number of carbonyl (C=O) groups excluding carboxylic acids is 1. The van der Waals surface area contributed by atoms with E-state index < -0.39 is 5.83 Å². The number of carbonyl (C=O) groups is 1. The summed E-state index contributed by atoms with van der Waals surface area (Å²) in [7, 11) is 0. The van der Waals surface area contributed by atoms with Crippen molar-refractivity contribution in [1.82, 2.24) is 5.32 Å². The molecule has 0 bridgehead atoms. The van der Waals surface area contributed by atoms with Gasteiger partial charge in [-0.15, -0.1) is 0 Å². The molecule has 1 amide bonds. The summed E-state index contributed by atoms with van der Waals surface area (Å²) in [5, 5.41) is 2.42. The van der Waals surface area contributed by atoms with E-state index in [4.69, 9.17) is 5.73 Å². The van der Waals surface area contributed by atoms with E-state index in [-0.39, 0.29) is 24.6 Å². The van der Waals surface area contributed by atoms with Crippen molar-refractivity contribution in [2.45, 2.75) is 0 Å². The van der Waals surface area contributed by atoms with Gasteiger partial charge in [0.25, 0.3) is 0 Å². The second-order valence-corrected chi connectivity index (χ2v) is 2.31. The lowest BCUT2D eigenvalue weighted by Crippen LogP contribution is -2.31. The summed E-state index contributed by atoms with van der Waals surface area (Å²) in [6.45, 7) is 6.49. The number of hydrogen-bond donors (Lipinski definition) is 2. The van der Waals surface area contributed by atoms with Crippen molar-refractivity contribution in [2.24, 2.45) is 5.73 Å². The molecule has 0 aromatic rings. The van der Waals surface area contributed by atoms with Crippen molar-refractivity contribution < 1.29 is 9.18 Å². The first-order valence-electron chi connectivity index (χ1n) is 3.75. The molecule has 0 spiro atoms. The minimum atomic E-state index is -0.586. The van der Waals surface area contributed by atoms with Crippen LogP contribution in [0.3, 0.4) is 0 Å². The third kappa shape index (κ3) is 4.92. The van der Waals surface area contributed by atoms with E-state index in [0.29, 0.717) is 0 Å². The van der Waals surface area contributed by atoms with E-state index >= 15 is 0 Å². The Balaban J connectivity index is 4.13. The molecule has 0 radical (unpaired) electrons. The second-order valence-electron chi connectivity index (χ2n) is 2.31. The molecule has 3 N–H and O–H groups in total. The number of nitrogens with two attached hydrogens (primary N) is 1. The minimum absolute atomic E-state index is 0.0807. The first-order valence-corrected chi connectivity index (χ1v) is 3.75. The standard InChI is InChI=1S/C9H13FN2O/c1-3-4-8(7(2)10)6-12-9(13)5-11/h3-4H,1-2,5-6,11H2,(H,12,13)/b8-4-. The number of halogens is 1. The second kappa shape index (κ2) is 6.14. The van der Waals surface area contributed by atoms with Gasteiger partial charge in [-0.05, 0) is 0 Å². The molecule has 0 aliphatic heterocycles. The van der Waals surface area contributed by atoms with E-state index in [2.05, 4.69) is 18.5 Å². The lowest BCUT2D eigenvalue weighted by Gasteiger charge is -2.04. The van der Waals surface area contributed by atoms with Crippen LogP contribution < -0.4 is 11.1 Å². The van der Waals surface area contributed by atoms with Crippen LogP contribution >= 0.6 is 0 Å². The molecule has 0 saturated carbocycles. The zero-order valence-electron chi connectivity index (χ0n) is 7.35. The fourth-order valence-corrected chi connectivity index (χ4v) is 0.653. The van der Waals surface area contributed by atoms with Crippen molar-refractivity contribution in [3.8, 4) is 0 Å². The Bertz CT molecular complexity index is 246. The highest BCUT2D eigenvalue weighted by Gasteiger charge is 2.02. The van der Waals surface area contributed by atoms with E-state index in [1.54, 1.807) is 0 Å². The first-order chi connectivity index (χ1) is 6.11. The smallest absolute Gasteiger partial charge is 0.234 e. The molecule has 4 heteroatoms. The Morgan fingerprint density at radius 2 is 2.23 bits per heavy atom. The fraction of sp³-hybridized carbons (Fsp3) is 0.222. The Morgan fingerprint density at radius 3 is 2.62 bits per heavy atom. The van der Waals surface area contributed by atoms with Crippen LogP contribution in [-0.4, -0.2) is 19.0 Å². The van der Waals surface area contributed by atoms with Crippen LogP contribution in [-0.2, 0) is 4.79 Å². The number of nitrogens with one attached hydrogen (secondary N) is 1. The van der Waals surface area contributed by atoms with Gasteiger partial charge in [0.15, 0.2) is 0 Å². The van der Waals surface area contributed by atoms with Gasteiger partial charge >= 0.3 is 0 Å². The first kappa shape index (κ1) is 11.6. The Morgan fingerprint density at radius 1 is 1.62 bits per heavy atom. The summed E-state index contributed by atoms with van der Waals surface area (Å²) < 4.78 is 12.6. The zero-order chi connectivity index (χ0) is 10.3. The van der Waals surface area contributed by atoms with E-state index in [1.165, 1.54) is 12.2 Å². The molecule has 0 aromatic carbocycles. The molecule has 0 unspecified atom stereocenters. The topological polar surface area (TPSA) is 55.1 Å². The quantitative estimate of drug-likeness (QED) is 0.616. The van der Waals surface area contributed by atoms with Gasteiger partial charge in [0.2, 0.25) is 5.91 Å². The van der Waals surface area contributed by atoms with Gasteiger partial charge in [0, 0.05) is 12.1 Å². The van der Waals surface area contributed by atoms with Gasteiger partial charge in [-0.25, -0.2) is 4.39 Å². The molecule has 0 fully saturated rings. The Labute approximate surface area is 76.8 Å². The molecule has 0 heterocycles. The molecular formula is C9H13FN2O. The predicted molar refractivity (Wildman–Crippen MR) is 50.6 cm³/mol. The highest BCUT2D eigenvalue weighted by Crippen LogP contribution is 2.07. The van der Waals surface area contributed by atoms with Crippen molar-refractivity contribution in [3.63, 3.8) is 0 Å². The van der Waals surface area contributed by atoms with Crippen LogP contribution in [0.25, 0.3) is 0 Å². The van der Waals surface area contributed by atoms with E-state index in [1.807, 2.05) is 0 Å². The van der Waals surface area contributed by atoms with Crippen molar-refractivity contribution >= 4 is 5.91 Å². The normalized spacial score (nSPS) is 10.8. The van der Waals surface area contributed by atoms with Crippen LogP contribution in [0.5, 0.6) is 0 Å². The molecule has 0 rings (SSSR count). The molecule has 0 aliphatic carbocycles. The highest BCUT2D eigenvalue weighted by atomic mass is 19.1. The van der Waals surface area contributed by atoms with Crippen LogP contribution in [0.15, 0.2) is 36.7 Å². The van der Waals surface area contributed by atoms with E-state index in [9.17, 15) is 9.18 Å². The predicted octanol–water partition coefficient (Wildman–Crippen LogP) is 0.657. The van der Waals surface area contributed by atoms with Crippen LogP contribution in [0.4, 0.5) is 4.39 Å². The van der Waals surface area contributed by atoms with E-state index in [0.717, 1.165) is 0 Å². The number of hydrogen-bond acceptors (Lipinski definition) is 2. The Hall–Kier alpha value is -1.42. The third-order valence-electron chi connectivity index (χ3n) is 1.33. The fourth-order valence-electron chi connectivity index (χ4n) is 0.653. The lowest BCUT2D eigenvalue weighted by atomic mass is 10.2. The number of rotatable bonds is 5. The maximum absolute atomic E-state index is 12.6. The average Bonchev–Trinajstić information content (AvgIpc) is 2.11. The van der Waals surface area contributed by atoms with Crippen molar-refractivity contribution in [3.05, 3.63) is 36.7 Å². The summed E-state index contributed by atoms with van der Waals surface area (Å²) in [4.78, 5) is 10.7. The van der Waals surface area contributed by atoms with Crippen LogP contribution in [0, 0.1) is 0 Å². The maximum Gasteiger partial charge on any atom is 0.234 e. The van der Waals surface area contributed by atoms with Crippen molar-refractivity contribution in [2.75, 3.05) is 13.1 Å². The molecule has 0 saturated heterocycles. The molecule has 72 valence electrons. The van der Waals surface area contributed by atoms with Crippen LogP contribution in [0.1, 0.15) is 0 Å². The monoisotopic (exact) mass is 184 g/mol. The summed E-state index contributed by atoms with van der Waals surface area (Å²) in [5.74, 6) is -0.923. The van der Waals surface area contributed by atoms with Gasteiger partial charge in [-0.2, -0.15) is 0 Å². The molecule has 0 aliphatic rings. The van der Waals surface area contributed by atoms with Crippen LogP contribution in [0.2, 0.25) is 0 Å². The molecule has 0 aromatic heterocycles. The number of allylic oxidation sites excluding steroid dienone is 2. The SMILES string of the molecule is C=C/C=C(/CNC(=O)CN)C(=C)F. The van der Waals surface area contributed by atoms with Crippen molar-refractivity contribution in [1.29, 1.82) is 0 Å². The summed E-state index contributed by atoms with van der Waals surface area (Å²) >= 11 is 0.